The molecule has 1 aromatic rings. The van der Waals surface area contributed by atoms with Crippen molar-refractivity contribution in [2.75, 3.05) is 19.7 Å². The molecule has 0 bridgehead atoms. The highest BCUT2D eigenvalue weighted by Crippen LogP contribution is 2.10. The standard InChI is InChI=1S/C15H21ClN2O2/c1-12(2)18(8-7-17)9-15(19)11-20-10-13-3-5-14(16)6-4-13/h3-6,12,15,19H,8-11H2,1-2H3. The van der Waals surface area contributed by atoms with E-state index in [0.29, 0.717) is 24.7 Å². The van der Waals surface area contributed by atoms with Crippen LogP contribution in [0.15, 0.2) is 24.3 Å². The van der Waals surface area contributed by atoms with E-state index in [1.165, 1.54) is 0 Å². The summed E-state index contributed by atoms with van der Waals surface area (Å²) in [6, 6.07) is 9.73. The smallest absolute Gasteiger partial charge is 0.0900 e. The van der Waals surface area contributed by atoms with E-state index < -0.39 is 6.10 Å². The monoisotopic (exact) mass is 296 g/mol. The number of rotatable bonds is 8. The minimum absolute atomic E-state index is 0.223. The van der Waals surface area contributed by atoms with E-state index in [4.69, 9.17) is 21.6 Å². The van der Waals surface area contributed by atoms with Gasteiger partial charge >= 0.3 is 0 Å². The van der Waals surface area contributed by atoms with E-state index in [-0.39, 0.29) is 12.6 Å². The molecule has 1 rings (SSSR count). The molecule has 5 heteroatoms. The molecule has 0 heterocycles. The van der Waals surface area contributed by atoms with Crippen LogP contribution in [0.4, 0.5) is 0 Å². The average Bonchev–Trinajstić information content (AvgIpc) is 2.40. The fraction of sp³-hybridized carbons (Fsp3) is 0.533. The van der Waals surface area contributed by atoms with Gasteiger partial charge in [0.2, 0.25) is 0 Å². The Morgan fingerprint density at radius 3 is 2.55 bits per heavy atom. The quantitative estimate of drug-likeness (QED) is 0.749. The van der Waals surface area contributed by atoms with Crippen LogP contribution >= 0.6 is 11.6 Å². The molecule has 0 aliphatic carbocycles. The van der Waals surface area contributed by atoms with Crippen molar-refractivity contribution in [3.8, 4) is 6.07 Å². The molecule has 0 saturated carbocycles. The molecule has 1 aromatic carbocycles. The van der Waals surface area contributed by atoms with Gasteiger partial charge in [0.05, 0.1) is 31.9 Å². The maximum Gasteiger partial charge on any atom is 0.0900 e. The Labute approximate surface area is 125 Å². The molecule has 0 aliphatic heterocycles. The summed E-state index contributed by atoms with van der Waals surface area (Å²) in [5.74, 6) is 0. The van der Waals surface area contributed by atoms with Gasteiger partial charge in [0.1, 0.15) is 0 Å². The third-order valence-electron chi connectivity index (χ3n) is 2.94. The molecule has 0 spiro atoms. The predicted molar refractivity (Wildman–Crippen MR) is 79.4 cm³/mol. The van der Waals surface area contributed by atoms with Crippen molar-refractivity contribution in [1.82, 2.24) is 4.90 Å². The number of hydrogen-bond donors (Lipinski definition) is 1. The molecule has 1 unspecified atom stereocenters. The number of nitrogens with zero attached hydrogens (tertiary/aromatic N) is 2. The number of aliphatic hydroxyl groups excluding tert-OH is 1. The Kier molecular flexibility index (Phi) is 7.56. The van der Waals surface area contributed by atoms with E-state index in [2.05, 4.69) is 6.07 Å². The number of nitriles is 1. The molecule has 0 aliphatic rings. The first-order chi connectivity index (χ1) is 9.52. The Balaban J connectivity index is 2.30. The summed E-state index contributed by atoms with van der Waals surface area (Å²) in [5, 5.41) is 19.3. The molecular formula is C15H21ClN2O2. The largest absolute Gasteiger partial charge is 0.389 e. The predicted octanol–water partition coefficient (Wildman–Crippen LogP) is 2.45. The second-order valence-electron chi connectivity index (χ2n) is 4.98. The molecule has 1 N–H and O–H groups in total. The molecule has 110 valence electrons. The van der Waals surface area contributed by atoms with Gasteiger partial charge < -0.3 is 9.84 Å². The number of hydrogen-bond acceptors (Lipinski definition) is 4. The lowest BCUT2D eigenvalue weighted by atomic mass is 10.2. The van der Waals surface area contributed by atoms with E-state index in [0.717, 1.165) is 5.56 Å². The van der Waals surface area contributed by atoms with E-state index in [1.54, 1.807) is 0 Å². The zero-order chi connectivity index (χ0) is 15.0. The van der Waals surface area contributed by atoms with Gasteiger partial charge in [-0.15, -0.1) is 0 Å². The zero-order valence-electron chi connectivity index (χ0n) is 11.9. The lowest BCUT2D eigenvalue weighted by Crippen LogP contribution is -2.39. The van der Waals surface area contributed by atoms with Crippen molar-refractivity contribution in [3.05, 3.63) is 34.9 Å². The highest BCUT2D eigenvalue weighted by atomic mass is 35.5. The first kappa shape index (κ1) is 16.9. The Hall–Kier alpha value is -1.12. The second kappa shape index (κ2) is 8.93. The maximum absolute atomic E-state index is 9.92. The number of aliphatic hydroxyl groups is 1. The van der Waals surface area contributed by atoms with E-state index >= 15 is 0 Å². The van der Waals surface area contributed by atoms with E-state index in [1.807, 2.05) is 43.0 Å². The molecule has 0 saturated heterocycles. The molecule has 0 fully saturated rings. The van der Waals surface area contributed by atoms with Crippen molar-refractivity contribution in [3.63, 3.8) is 0 Å². The third-order valence-corrected chi connectivity index (χ3v) is 3.19. The van der Waals surface area contributed by atoms with Gasteiger partial charge in [0.15, 0.2) is 0 Å². The maximum atomic E-state index is 9.92. The van der Waals surface area contributed by atoms with Crippen LogP contribution in [0, 0.1) is 11.3 Å². The highest BCUT2D eigenvalue weighted by Gasteiger charge is 2.14. The van der Waals surface area contributed by atoms with Crippen molar-refractivity contribution in [1.29, 1.82) is 5.26 Å². The van der Waals surface area contributed by atoms with Crippen LogP contribution in [0.25, 0.3) is 0 Å². The van der Waals surface area contributed by atoms with Crippen LogP contribution in [0.2, 0.25) is 5.02 Å². The number of halogens is 1. The van der Waals surface area contributed by atoms with Gasteiger partial charge in [-0.1, -0.05) is 23.7 Å². The molecule has 0 amide bonds. The van der Waals surface area contributed by atoms with E-state index in [9.17, 15) is 5.11 Å². The Morgan fingerprint density at radius 1 is 1.35 bits per heavy atom. The zero-order valence-corrected chi connectivity index (χ0v) is 12.7. The first-order valence-corrected chi connectivity index (χ1v) is 7.02. The summed E-state index contributed by atoms with van der Waals surface area (Å²) in [4.78, 5) is 1.91. The normalized spacial score (nSPS) is 12.7. The summed E-state index contributed by atoms with van der Waals surface area (Å²) < 4.78 is 5.48. The molecule has 20 heavy (non-hydrogen) atoms. The molecule has 0 aromatic heterocycles. The summed E-state index contributed by atoms with van der Waals surface area (Å²) >= 11 is 5.80. The molecular weight excluding hydrogens is 276 g/mol. The van der Waals surface area contributed by atoms with Crippen LogP contribution < -0.4 is 0 Å². The van der Waals surface area contributed by atoms with Crippen LogP contribution in [-0.2, 0) is 11.3 Å². The fourth-order valence-corrected chi connectivity index (χ4v) is 1.89. The lowest BCUT2D eigenvalue weighted by molar-refractivity contribution is 0.00733. The summed E-state index contributed by atoms with van der Waals surface area (Å²) in [7, 11) is 0. The Morgan fingerprint density at radius 2 is 2.00 bits per heavy atom. The number of benzene rings is 1. The van der Waals surface area contributed by atoms with Crippen molar-refractivity contribution < 1.29 is 9.84 Å². The lowest BCUT2D eigenvalue weighted by Gasteiger charge is -2.26. The fourth-order valence-electron chi connectivity index (χ4n) is 1.77. The summed E-state index contributed by atoms with van der Waals surface area (Å²) in [5.41, 5.74) is 1.01. The Bertz CT molecular complexity index is 428. The molecule has 4 nitrogen and oxygen atoms in total. The van der Waals surface area contributed by atoms with Crippen LogP contribution in [0.5, 0.6) is 0 Å². The van der Waals surface area contributed by atoms with Gasteiger partial charge in [-0.3, -0.25) is 4.90 Å². The van der Waals surface area contributed by atoms with Crippen LogP contribution in [0.1, 0.15) is 19.4 Å². The van der Waals surface area contributed by atoms with Gasteiger partial charge in [-0.2, -0.15) is 5.26 Å². The van der Waals surface area contributed by atoms with Crippen molar-refractivity contribution >= 4 is 11.6 Å². The topological polar surface area (TPSA) is 56.5 Å². The van der Waals surface area contributed by atoms with Gasteiger partial charge in [0.25, 0.3) is 0 Å². The molecule has 1 atom stereocenters. The van der Waals surface area contributed by atoms with Crippen LogP contribution in [0.3, 0.4) is 0 Å². The minimum atomic E-state index is -0.599. The summed E-state index contributed by atoms with van der Waals surface area (Å²) in [6.07, 6.45) is -0.599. The second-order valence-corrected chi connectivity index (χ2v) is 5.41. The SMILES string of the molecule is CC(C)N(CC#N)CC(O)COCc1ccc(Cl)cc1. The van der Waals surface area contributed by atoms with Crippen LogP contribution in [-0.4, -0.2) is 41.8 Å². The van der Waals surface area contributed by atoms with Gasteiger partial charge in [-0.05, 0) is 31.5 Å². The van der Waals surface area contributed by atoms with Crippen molar-refractivity contribution in [2.45, 2.75) is 32.6 Å². The molecule has 0 radical (unpaired) electrons. The highest BCUT2D eigenvalue weighted by molar-refractivity contribution is 6.30. The van der Waals surface area contributed by atoms with Gasteiger partial charge in [-0.25, -0.2) is 0 Å². The van der Waals surface area contributed by atoms with Crippen molar-refractivity contribution in [2.24, 2.45) is 0 Å². The minimum Gasteiger partial charge on any atom is -0.389 e. The number of ether oxygens (including phenoxy) is 1. The van der Waals surface area contributed by atoms with Gasteiger partial charge in [0, 0.05) is 17.6 Å². The first-order valence-electron chi connectivity index (χ1n) is 6.64. The summed E-state index contributed by atoms with van der Waals surface area (Å²) in [6.45, 7) is 5.43. The third kappa shape index (κ3) is 6.36. The average molecular weight is 297 g/mol.